The summed E-state index contributed by atoms with van der Waals surface area (Å²) in [7, 11) is -3.39. The van der Waals surface area contributed by atoms with Gasteiger partial charge in [0.2, 0.25) is 15.0 Å². The summed E-state index contributed by atoms with van der Waals surface area (Å²) in [6.45, 7) is 3.92. The standard InChI is InChI=1S/C14H20N4O2S/c1-3-18-13(16-17-14(18)21(19,20)4-2)12(15)10-11-8-6-5-7-9-11/h5-9,12H,3-4,10,15H2,1-2H3/t12-/m0/s1. The van der Waals surface area contributed by atoms with Gasteiger partial charge in [0.1, 0.15) is 0 Å². The van der Waals surface area contributed by atoms with Crippen molar-refractivity contribution in [2.24, 2.45) is 5.73 Å². The molecule has 0 aliphatic carbocycles. The van der Waals surface area contributed by atoms with E-state index >= 15 is 0 Å². The van der Waals surface area contributed by atoms with Crippen LogP contribution in [0.4, 0.5) is 0 Å². The molecule has 2 aromatic rings. The van der Waals surface area contributed by atoms with Crippen molar-refractivity contribution in [3.63, 3.8) is 0 Å². The van der Waals surface area contributed by atoms with Gasteiger partial charge in [0.15, 0.2) is 5.82 Å². The molecular weight excluding hydrogens is 288 g/mol. The van der Waals surface area contributed by atoms with Gasteiger partial charge in [-0.2, -0.15) is 0 Å². The molecule has 7 heteroatoms. The van der Waals surface area contributed by atoms with Gasteiger partial charge in [-0.05, 0) is 18.9 Å². The minimum atomic E-state index is -3.39. The number of nitrogens with two attached hydrogens (primary N) is 1. The Balaban J connectivity index is 2.32. The van der Waals surface area contributed by atoms with E-state index in [0.717, 1.165) is 5.56 Å². The maximum Gasteiger partial charge on any atom is 0.249 e. The van der Waals surface area contributed by atoms with Crippen LogP contribution in [0.25, 0.3) is 0 Å². The molecule has 0 fully saturated rings. The first-order valence-corrected chi connectivity index (χ1v) is 8.60. The summed E-state index contributed by atoms with van der Waals surface area (Å²) in [5.41, 5.74) is 7.26. The largest absolute Gasteiger partial charge is 0.321 e. The molecule has 2 rings (SSSR count). The molecule has 0 amide bonds. The third-order valence-corrected chi connectivity index (χ3v) is 4.97. The smallest absolute Gasteiger partial charge is 0.249 e. The van der Waals surface area contributed by atoms with Crippen LogP contribution in [0.5, 0.6) is 0 Å². The van der Waals surface area contributed by atoms with Crippen molar-refractivity contribution in [3.05, 3.63) is 41.7 Å². The van der Waals surface area contributed by atoms with E-state index in [9.17, 15) is 8.42 Å². The first kappa shape index (κ1) is 15.7. The second-order valence-corrected chi connectivity index (χ2v) is 6.96. The minimum absolute atomic E-state index is 0.000936. The monoisotopic (exact) mass is 308 g/mol. The van der Waals surface area contributed by atoms with Crippen molar-refractivity contribution in [3.8, 4) is 0 Å². The van der Waals surface area contributed by atoms with Crippen LogP contribution in [0.1, 0.15) is 31.3 Å². The first-order valence-electron chi connectivity index (χ1n) is 6.95. The number of hydrogen-bond donors (Lipinski definition) is 1. The highest BCUT2D eigenvalue weighted by atomic mass is 32.2. The van der Waals surface area contributed by atoms with E-state index < -0.39 is 9.84 Å². The second-order valence-electron chi connectivity index (χ2n) is 4.78. The average Bonchev–Trinajstić information content (AvgIpc) is 2.93. The molecule has 0 aliphatic heterocycles. The number of benzene rings is 1. The van der Waals surface area contributed by atoms with Gasteiger partial charge in [0.05, 0.1) is 11.8 Å². The number of aromatic nitrogens is 3. The summed E-state index contributed by atoms with van der Waals surface area (Å²) in [5, 5.41) is 7.85. The predicted molar refractivity (Wildman–Crippen MR) is 80.5 cm³/mol. The molecule has 0 bridgehead atoms. The number of sulfone groups is 1. The molecule has 114 valence electrons. The van der Waals surface area contributed by atoms with Crippen molar-refractivity contribution in [1.29, 1.82) is 0 Å². The molecule has 21 heavy (non-hydrogen) atoms. The molecule has 1 aromatic heterocycles. The quantitative estimate of drug-likeness (QED) is 0.869. The Bertz CT molecular complexity index is 695. The lowest BCUT2D eigenvalue weighted by molar-refractivity contribution is 0.546. The molecular formula is C14H20N4O2S. The van der Waals surface area contributed by atoms with Gasteiger partial charge in [0.25, 0.3) is 0 Å². The number of hydrogen-bond acceptors (Lipinski definition) is 5. The predicted octanol–water partition coefficient (Wildman–Crippen LogP) is 1.33. The van der Waals surface area contributed by atoms with Gasteiger partial charge < -0.3 is 10.3 Å². The van der Waals surface area contributed by atoms with Crippen LogP contribution < -0.4 is 5.73 Å². The summed E-state index contributed by atoms with van der Waals surface area (Å²) in [4.78, 5) is 0. The minimum Gasteiger partial charge on any atom is -0.321 e. The van der Waals surface area contributed by atoms with E-state index in [0.29, 0.717) is 18.8 Å². The van der Waals surface area contributed by atoms with Gasteiger partial charge in [-0.15, -0.1) is 10.2 Å². The van der Waals surface area contributed by atoms with Crippen LogP contribution in [-0.4, -0.2) is 28.9 Å². The maximum absolute atomic E-state index is 12.0. The van der Waals surface area contributed by atoms with Gasteiger partial charge in [-0.3, -0.25) is 0 Å². The summed E-state index contributed by atoms with van der Waals surface area (Å²) >= 11 is 0. The van der Waals surface area contributed by atoms with Crippen molar-refractivity contribution >= 4 is 9.84 Å². The SMILES string of the molecule is CCn1c([C@@H](N)Cc2ccccc2)nnc1S(=O)(=O)CC. The Morgan fingerprint density at radius 2 is 1.86 bits per heavy atom. The molecule has 0 spiro atoms. The molecule has 0 aliphatic rings. The summed E-state index contributed by atoms with van der Waals surface area (Å²) in [6, 6.07) is 9.40. The molecule has 1 atom stereocenters. The number of nitrogens with zero attached hydrogens (tertiary/aromatic N) is 3. The normalized spacial score (nSPS) is 13.3. The topological polar surface area (TPSA) is 90.9 Å². The molecule has 0 saturated heterocycles. The molecule has 2 N–H and O–H groups in total. The van der Waals surface area contributed by atoms with Crippen LogP contribution in [-0.2, 0) is 22.8 Å². The van der Waals surface area contributed by atoms with Crippen LogP contribution in [0, 0.1) is 0 Å². The van der Waals surface area contributed by atoms with Gasteiger partial charge in [-0.25, -0.2) is 8.42 Å². The molecule has 0 radical (unpaired) electrons. The molecule has 1 heterocycles. The van der Waals surface area contributed by atoms with E-state index in [-0.39, 0.29) is 17.0 Å². The van der Waals surface area contributed by atoms with E-state index in [1.807, 2.05) is 37.3 Å². The fourth-order valence-electron chi connectivity index (χ4n) is 2.19. The zero-order valence-electron chi connectivity index (χ0n) is 12.2. The van der Waals surface area contributed by atoms with Crippen LogP contribution in [0.2, 0.25) is 0 Å². The highest BCUT2D eigenvalue weighted by molar-refractivity contribution is 7.91. The Hall–Kier alpha value is -1.73. The highest BCUT2D eigenvalue weighted by Gasteiger charge is 2.24. The van der Waals surface area contributed by atoms with E-state index in [4.69, 9.17) is 5.73 Å². The lowest BCUT2D eigenvalue weighted by Gasteiger charge is -2.13. The first-order chi connectivity index (χ1) is 9.99. The van der Waals surface area contributed by atoms with Crippen LogP contribution in [0.3, 0.4) is 0 Å². The molecule has 6 nitrogen and oxygen atoms in total. The fraction of sp³-hybridized carbons (Fsp3) is 0.429. The molecule has 1 aromatic carbocycles. The summed E-state index contributed by atoms with van der Waals surface area (Å²) in [5.74, 6) is 0.507. The van der Waals surface area contributed by atoms with Gasteiger partial charge in [0, 0.05) is 6.54 Å². The number of rotatable bonds is 6. The third kappa shape index (κ3) is 3.30. The fourth-order valence-corrected chi connectivity index (χ4v) is 3.17. The van der Waals surface area contributed by atoms with E-state index in [2.05, 4.69) is 10.2 Å². The van der Waals surface area contributed by atoms with E-state index in [1.54, 1.807) is 11.5 Å². The lowest BCUT2D eigenvalue weighted by Crippen LogP contribution is -2.21. The van der Waals surface area contributed by atoms with Crippen LogP contribution >= 0.6 is 0 Å². The van der Waals surface area contributed by atoms with Crippen molar-refractivity contribution < 1.29 is 8.42 Å². The van der Waals surface area contributed by atoms with Gasteiger partial charge in [-0.1, -0.05) is 37.3 Å². The molecule has 0 saturated carbocycles. The Morgan fingerprint density at radius 1 is 1.19 bits per heavy atom. The highest BCUT2D eigenvalue weighted by Crippen LogP contribution is 2.18. The zero-order valence-corrected chi connectivity index (χ0v) is 13.0. The van der Waals surface area contributed by atoms with Crippen molar-refractivity contribution in [1.82, 2.24) is 14.8 Å². The van der Waals surface area contributed by atoms with Crippen LogP contribution in [0.15, 0.2) is 35.5 Å². The Labute approximate surface area is 124 Å². The maximum atomic E-state index is 12.0. The third-order valence-electron chi connectivity index (χ3n) is 3.35. The van der Waals surface area contributed by atoms with Crippen molar-refractivity contribution in [2.75, 3.05) is 5.75 Å². The average molecular weight is 308 g/mol. The second kappa shape index (κ2) is 6.36. The summed E-state index contributed by atoms with van der Waals surface area (Å²) in [6.07, 6.45) is 0.588. The van der Waals surface area contributed by atoms with E-state index in [1.165, 1.54) is 0 Å². The lowest BCUT2D eigenvalue weighted by atomic mass is 10.1. The summed E-state index contributed by atoms with van der Waals surface area (Å²) < 4.78 is 25.6. The van der Waals surface area contributed by atoms with Crippen molar-refractivity contribution in [2.45, 2.75) is 38.0 Å². The Kier molecular flexibility index (Phi) is 4.74. The zero-order chi connectivity index (χ0) is 15.5. The Morgan fingerprint density at radius 3 is 2.43 bits per heavy atom. The van der Waals surface area contributed by atoms with Gasteiger partial charge >= 0.3 is 0 Å². The molecule has 0 unspecified atom stereocenters.